The Hall–Kier alpha value is -2.83. The molecule has 2 atom stereocenters. The van der Waals surface area contributed by atoms with Crippen LogP contribution >= 0.6 is 0 Å². The van der Waals surface area contributed by atoms with Crippen LogP contribution in [0.4, 0.5) is 4.79 Å². The number of carbonyl (C=O) groups excluding carboxylic acids is 2. The molecule has 1 spiro atoms. The minimum atomic E-state index is -0.625. The van der Waals surface area contributed by atoms with Gasteiger partial charge in [-0.3, -0.25) is 4.79 Å². The van der Waals surface area contributed by atoms with Crippen LogP contribution in [-0.4, -0.2) is 46.6 Å². The predicted octanol–water partition coefficient (Wildman–Crippen LogP) is 3.82. The third-order valence-electron chi connectivity index (χ3n) is 6.41. The van der Waals surface area contributed by atoms with E-state index < -0.39 is 12.1 Å². The van der Waals surface area contributed by atoms with Gasteiger partial charge in [-0.1, -0.05) is 43.7 Å². The predicted molar refractivity (Wildman–Crippen MR) is 114 cm³/mol. The third kappa shape index (κ3) is 3.93. The lowest BCUT2D eigenvalue weighted by molar-refractivity contribution is -0.135. The molecule has 1 saturated heterocycles. The number of methoxy groups -OCH3 is 1. The van der Waals surface area contributed by atoms with Crippen molar-refractivity contribution in [2.24, 2.45) is 11.3 Å². The van der Waals surface area contributed by atoms with E-state index >= 15 is 0 Å². The molecule has 0 bridgehead atoms. The van der Waals surface area contributed by atoms with Gasteiger partial charge in [-0.25, -0.2) is 9.78 Å². The number of likely N-dealkylation sites (tertiary alicyclic amines) is 1. The van der Waals surface area contributed by atoms with Crippen LogP contribution in [0.15, 0.2) is 30.5 Å². The van der Waals surface area contributed by atoms with Crippen molar-refractivity contribution in [3.63, 3.8) is 0 Å². The van der Waals surface area contributed by atoms with E-state index in [9.17, 15) is 9.59 Å². The number of ether oxygens (including phenoxy) is 1. The van der Waals surface area contributed by atoms with Crippen LogP contribution in [0.1, 0.15) is 50.5 Å². The summed E-state index contributed by atoms with van der Waals surface area (Å²) in [5.41, 5.74) is 3.43. The van der Waals surface area contributed by atoms with Crippen molar-refractivity contribution >= 4 is 12.0 Å². The van der Waals surface area contributed by atoms with Crippen LogP contribution in [0.3, 0.4) is 0 Å². The largest absolute Gasteiger partial charge is 0.453 e. The van der Waals surface area contributed by atoms with E-state index in [1.807, 2.05) is 24.9 Å². The van der Waals surface area contributed by atoms with E-state index in [0.717, 1.165) is 36.3 Å². The summed E-state index contributed by atoms with van der Waals surface area (Å²) in [6.45, 7) is 6.63. The summed E-state index contributed by atoms with van der Waals surface area (Å²) in [5, 5.41) is 2.72. The maximum atomic E-state index is 13.5. The van der Waals surface area contributed by atoms with Crippen LogP contribution in [0.5, 0.6) is 0 Å². The average Bonchev–Trinajstić information content (AvgIpc) is 3.13. The summed E-state index contributed by atoms with van der Waals surface area (Å²) in [7, 11) is 1.31. The minimum Gasteiger partial charge on any atom is -0.453 e. The number of hydrogen-bond acceptors (Lipinski definition) is 4. The van der Waals surface area contributed by atoms with Crippen molar-refractivity contribution in [2.45, 2.75) is 52.1 Å². The Morgan fingerprint density at radius 1 is 1.27 bits per heavy atom. The molecular weight excluding hydrogens is 380 g/mol. The lowest BCUT2D eigenvalue weighted by Gasteiger charge is -2.30. The fourth-order valence-electron chi connectivity index (χ4n) is 4.34. The van der Waals surface area contributed by atoms with Gasteiger partial charge in [0.2, 0.25) is 5.91 Å². The molecule has 2 N–H and O–H groups in total. The second kappa shape index (κ2) is 7.78. The quantitative estimate of drug-likeness (QED) is 0.784. The maximum Gasteiger partial charge on any atom is 0.407 e. The van der Waals surface area contributed by atoms with Crippen LogP contribution in [-0.2, 0) is 9.53 Å². The Labute approximate surface area is 177 Å². The second-order valence-corrected chi connectivity index (χ2v) is 9.09. The smallest absolute Gasteiger partial charge is 0.407 e. The molecule has 4 rings (SSSR count). The van der Waals surface area contributed by atoms with Crippen molar-refractivity contribution in [3.8, 4) is 11.3 Å². The molecule has 2 aliphatic rings. The normalized spacial score (nSPS) is 20.4. The van der Waals surface area contributed by atoms with Gasteiger partial charge in [-0.15, -0.1) is 0 Å². The molecule has 2 amide bonds. The fraction of sp³-hybridized carbons (Fsp3) is 0.522. The van der Waals surface area contributed by atoms with Crippen LogP contribution in [0, 0.1) is 18.3 Å². The Balaban J connectivity index is 1.59. The van der Waals surface area contributed by atoms with E-state index in [-0.39, 0.29) is 23.3 Å². The Kier molecular flexibility index (Phi) is 5.30. The Morgan fingerprint density at radius 3 is 2.57 bits per heavy atom. The summed E-state index contributed by atoms with van der Waals surface area (Å²) >= 11 is 0. The highest BCUT2D eigenvalue weighted by Gasteiger charge is 2.55. The molecule has 30 heavy (non-hydrogen) atoms. The summed E-state index contributed by atoms with van der Waals surface area (Å²) in [5.74, 6) is 0.688. The Bertz CT molecular complexity index is 930. The second-order valence-electron chi connectivity index (χ2n) is 9.09. The maximum absolute atomic E-state index is 13.5. The number of alkyl carbamates (subject to hydrolysis) is 1. The number of aromatic amines is 1. The lowest BCUT2D eigenvalue weighted by atomic mass is 10.0. The van der Waals surface area contributed by atoms with E-state index in [1.54, 1.807) is 0 Å². The molecule has 2 heterocycles. The van der Waals surface area contributed by atoms with Crippen molar-refractivity contribution in [1.82, 2.24) is 20.2 Å². The first-order valence-corrected chi connectivity index (χ1v) is 10.6. The van der Waals surface area contributed by atoms with Crippen molar-refractivity contribution in [3.05, 3.63) is 41.9 Å². The molecule has 1 aromatic carbocycles. The van der Waals surface area contributed by atoms with Gasteiger partial charge >= 0.3 is 6.09 Å². The van der Waals surface area contributed by atoms with Gasteiger partial charge in [0.25, 0.3) is 0 Å². The van der Waals surface area contributed by atoms with Gasteiger partial charge < -0.3 is 19.9 Å². The zero-order valence-corrected chi connectivity index (χ0v) is 18.1. The number of rotatable bonds is 5. The fourth-order valence-corrected chi connectivity index (χ4v) is 4.34. The molecular formula is C23H30N4O3. The Morgan fingerprint density at radius 2 is 1.97 bits per heavy atom. The monoisotopic (exact) mass is 410 g/mol. The van der Waals surface area contributed by atoms with Crippen LogP contribution in [0.25, 0.3) is 11.3 Å². The summed E-state index contributed by atoms with van der Waals surface area (Å²) in [6.07, 6.45) is 4.43. The van der Waals surface area contributed by atoms with E-state index in [2.05, 4.69) is 46.5 Å². The van der Waals surface area contributed by atoms with Gasteiger partial charge in [0.15, 0.2) is 0 Å². The number of benzene rings is 1. The molecule has 0 unspecified atom stereocenters. The van der Waals surface area contributed by atoms with Crippen LogP contribution in [0.2, 0.25) is 0 Å². The highest BCUT2D eigenvalue weighted by atomic mass is 16.5. The molecule has 1 aromatic heterocycles. The number of imidazole rings is 1. The van der Waals surface area contributed by atoms with Crippen molar-refractivity contribution in [2.75, 3.05) is 13.7 Å². The standard InChI is InChI=1S/C23H30N4O3/c1-14(2)19(26-22(29)30-4)21(28)27-13-23(9-10-23)11-18(27)20-24-12-17(25-20)16-7-5-15(3)6-8-16/h5-8,12,14,18-19H,9-11,13H2,1-4H3,(H,24,25)(H,26,29)/t18-,19-/m0/s1. The number of amides is 2. The minimum absolute atomic E-state index is 0.0484. The molecule has 2 aromatic rings. The molecule has 160 valence electrons. The molecule has 0 radical (unpaired) electrons. The van der Waals surface area contributed by atoms with Crippen LogP contribution < -0.4 is 5.32 Å². The van der Waals surface area contributed by atoms with Gasteiger partial charge in [0, 0.05) is 6.54 Å². The first-order chi connectivity index (χ1) is 14.3. The zero-order valence-electron chi connectivity index (χ0n) is 18.1. The highest BCUT2D eigenvalue weighted by molar-refractivity contribution is 5.86. The number of aryl methyl sites for hydroxylation is 1. The summed E-state index contributed by atoms with van der Waals surface area (Å²) in [4.78, 5) is 35.3. The molecule has 1 aliphatic carbocycles. The number of nitrogens with one attached hydrogen (secondary N) is 2. The van der Waals surface area contributed by atoms with Crippen molar-refractivity contribution in [1.29, 1.82) is 0 Å². The van der Waals surface area contributed by atoms with Gasteiger partial charge in [-0.2, -0.15) is 0 Å². The highest BCUT2D eigenvalue weighted by Crippen LogP contribution is 2.58. The molecule has 7 heteroatoms. The van der Waals surface area contributed by atoms with E-state index in [4.69, 9.17) is 4.74 Å². The molecule has 2 fully saturated rings. The van der Waals surface area contributed by atoms with Gasteiger partial charge in [0.05, 0.1) is 25.0 Å². The lowest BCUT2D eigenvalue weighted by Crippen LogP contribution is -2.51. The third-order valence-corrected chi connectivity index (χ3v) is 6.41. The average molecular weight is 411 g/mol. The molecule has 7 nitrogen and oxygen atoms in total. The SMILES string of the molecule is COC(=O)N[C@H](C(=O)N1CC2(CC2)C[C@H]1c1ncc(-c2ccc(C)cc2)[nH]1)C(C)C. The zero-order chi connectivity index (χ0) is 21.5. The van der Waals surface area contributed by atoms with Gasteiger partial charge in [0.1, 0.15) is 11.9 Å². The topological polar surface area (TPSA) is 87.3 Å². The summed E-state index contributed by atoms with van der Waals surface area (Å²) in [6, 6.07) is 7.56. The molecule has 1 aliphatic heterocycles. The number of nitrogens with zero attached hydrogens (tertiary/aromatic N) is 2. The number of carbonyl (C=O) groups is 2. The van der Waals surface area contributed by atoms with Crippen molar-refractivity contribution < 1.29 is 14.3 Å². The van der Waals surface area contributed by atoms with E-state index in [0.29, 0.717) is 6.54 Å². The van der Waals surface area contributed by atoms with Gasteiger partial charge in [-0.05, 0) is 43.1 Å². The first kappa shape index (κ1) is 20.4. The number of H-pyrrole nitrogens is 1. The number of aromatic nitrogens is 2. The number of hydrogen-bond donors (Lipinski definition) is 2. The summed E-state index contributed by atoms with van der Waals surface area (Å²) < 4.78 is 4.73. The first-order valence-electron chi connectivity index (χ1n) is 10.6. The molecule has 1 saturated carbocycles. The van der Waals surface area contributed by atoms with E-state index in [1.165, 1.54) is 12.7 Å².